The van der Waals surface area contributed by atoms with Crippen molar-refractivity contribution in [3.8, 4) is 0 Å². The van der Waals surface area contributed by atoms with Gasteiger partial charge in [0.1, 0.15) is 11.6 Å². The number of carbonyl (C=O) groups is 1. The minimum atomic E-state index is -0.818. The van der Waals surface area contributed by atoms with Gasteiger partial charge in [0.15, 0.2) is 0 Å². The number of rotatable bonds is 3. The number of benzene rings is 1. The van der Waals surface area contributed by atoms with Crippen LogP contribution in [0.4, 0.5) is 8.78 Å². The molecule has 1 amide bonds. The van der Waals surface area contributed by atoms with Crippen LogP contribution in [0.3, 0.4) is 0 Å². The summed E-state index contributed by atoms with van der Waals surface area (Å²) in [5.41, 5.74) is -0.0891. The molecule has 0 aromatic heterocycles. The molecular formula is C13H17F2NO. The van der Waals surface area contributed by atoms with Gasteiger partial charge in [0, 0.05) is 18.2 Å². The third-order valence-electron chi connectivity index (χ3n) is 2.51. The van der Waals surface area contributed by atoms with Gasteiger partial charge in [-0.2, -0.15) is 0 Å². The fourth-order valence-corrected chi connectivity index (χ4v) is 1.87. The van der Waals surface area contributed by atoms with Crippen LogP contribution >= 0.6 is 0 Å². The van der Waals surface area contributed by atoms with Gasteiger partial charge in [0.05, 0.1) is 5.56 Å². The van der Waals surface area contributed by atoms with Crippen LogP contribution in [0.1, 0.15) is 38.1 Å². The van der Waals surface area contributed by atoms with Gasteiger partial charge in [-0.3, -0.25) is 4.79 Å². The van der Waals surface area contributed by atoms with Crippen molar-refractivity contribution in [1.82, 2.24) is 4.90 Å². The Morgan fingerprint density at radius 2 is 1.65 bits per heavy atom. The molecule has 1 aromatic carbocycles. The Morgan fingerprint density at radius 1 is 1.12 bits per heavy atom. The van der Waals surface area contributed by atoms with Crippen LogP contribution in [0.25, 0.3) is 0 Å². The minimum absolute atomic E-state index is 0.0352. The lowest BCUT2D eigenvalue weighted by molar-refractivity contribution is 0.0639. The molecule has 0 unspecified atom stereocenters. The zero-order valence-corrected chi connectivity index (χ0v) is 10.5. The van der Waals surface area contributed by atoms with E-state index in [-0.39, 0.29) is 17.6 Å². The van der Waals surface area contributed by atoms with E-state index in [4.69, 9.17) is 0 Å². The first-order chi connectivity index (χ1) is 7.84. The molecule has 17 heavy (non-hydrogen) atoms. The molecule has 0 N–H and O–H groups in total. The highest BCUT2D eigenvalue weighted by Crippen LogP contribution is 2.16. The van der Waals surface area contributed by atoms with Gasteiger partial charge in [0.2, 0.25) is 0 Å². The summed E-state index contributed by atoms with van der Waals surface area (Å²) in [4.78, 5) is 13.7. The number of hydrogen-bond donors (Lipinski definition) is 0. The van der Waals surface area contributed by atoms with Gasteiger partial charge in [-0.1, -0.05) is 0 Å². The third-order valence-corrected chi connectivity index (χ3v) is 2.51. The number of carbonyl (C=O) groups excluding carboxylic acids is 1. The number of amides is 1. The molecule has 1 aromatic rings. The van der Waals surface area contributed by atoms with Crippen LogP contribution in [-0.2, 0) is 0 Å². The smallest absolute Gasteiger partial charge is 0.257 e. The van der Waals surface area contributed by atoms with Gasteiger partial charge in [-0.05, 0) is 39.8 Å². The SMILES string of the molecule is CC(C)N(C(=O)c1ccc(F)cc1F)C(C)C. The topological polar surface area (TPSA) is 20.3 Å². The van der Waals surface area contributed by atoms with Crippen LogP contribution in [0.5, 0.6) is 0 Å². The predicted octanol–water partition coefficient (Wildman–Crippen LogP) is 3.22. The van der Waals surface area contributed by atoms with Crippen molar-refractivity contribution in [3.05, 3.63) is 35.4 Å². The van der Waals surface area contributed by atoms with Gasteiger partial charge >= 0.3 is 0 Å². The molecule has 0 aliphatic rings. The van der Waals surface area contributed by atoms with Gasteiger partial charge in [0.25, 0.3) is 5.91 Å². The van der Waals surface area contributed by atoms with Gasteiger partial charge in [-0.25, -0.2) is 8.78 Å². The van der Waals surface area contributed by atoms with Crippen molar-refractivity contribution in [2.24, 2.45) is 0 Å². The lowest BCUT2D eigenvalue weighted by atomic mass is 10.1. The van der Waals surface area contributed by atoms with E-state index < -0.39 is 17.5 Å². The number of nitrogens with zero attached hydrogens (tertiary/aromatic N) is 1. The second kappa shape index (κ2) is 5.25. The van der Waals surface area contributed by atoms with Crippen LogP contribution in [-0.4, -0.2) is 22.9 Å². The van der Waals surface area contributed by atoms with Crippen molar-refractivity contribution in [1.29, 1.82) is 0 Å². The minimum Gasteiger partial charge on any atom is -0.334 e. The average molecular weight is 241 g/mol. The maximum absolute atomic E-state index is 13.5. The third kappa shape index (κ3) is 3.02. The Labute approximate surface area is 100 Å². The molecule has 0 aliphatic heterocycles. The van der Waals surface area contributed by atoms with Gasteiger partial charge in [-0.15, -0.1) is 0 Å². The molecule has 0 aliphatic carbocycles. The van der Waals surface area contributed by atoms with Gasteiger partial charge < -0.3 is 4.90 Å². The molecule has 0 bridgehead atoms. The Bertz CT molecular complexity index is 408. The van der Waals surface area contributed by atoms with Crippen LogP contribution in [0.2, 0.25) is 0 Å². The first-order valence-corrected chi connectivity index (χ1v) is 5.62. The summed E-state index contributed by atoms with van der Waals surface area (Å²) in [5.74, 6) is -1.91. The standard InChI is InChI=1S/C13H17F2NO/c1-8(2)16(9(3)4)13(17)11-6-5-10(14)7-12(11)15/h5-9H,1-4H3. The van der Waals surface area contributed by atoms with Crippen molar-refractivity contribution in [2.75, 3.05) is 0 Å². The number of hydrogen-bond acceptors (Lipinski definition) is 1. The summed E-state index contributed by atoms with van der Waals surface area (Å²) in [6.07, 6.45) is 0. The highest BCUT2D eigenvalue weighted by atomic mass is 19.1. The molecule has 0 saturated heterocycles. The van der Waals surface area contributed by atoms with Crippen LogP contribution in [0.15, 0.2) is 18.2 Å². The summed E-state index contributed by atoms with van der Waals surface area (Å²) >= 11 is 0. The quantitative estimate of drug-likeness (QED) is 0.795. The molecule has 0 atom stereocenters. The molecule has 0 saturated carbocycles. The van der Waals surface area contributed by atoms with E-state index in [1.807, 2.05) is 27.7 Å². The van der Waals surface area contributed by atoms with Crippen molar-refractivity contribution in [2.45, 2.75) is 39.8 Å². The Balaban J connectivity index is 3.10. The maximum atomic E-state index is 13.5. The molecule has 2 nitrogen and oxygen atoms in total. The summed E-state index contributed by atoms with van der Waals surface area (Å²) in [6.45, 7) is 7.44. The summed E-state index contributed by atoms with van der Waals surface area (Å²) < 4.78 is 26.3. The van der Waals surface area contributed by atoms with Crippen molar-refractivity contribution < 1.29 is 13.6 Å². The molecule has 94 valence electrons. The van der Waals surface area contributed by atoms with Crippen LogP contribution in [0, 0.1) is 11.6 Å². The highest BCUT2D eigenvalue weighted by Gasteiger charge is 2.24. The Hall–Kier alpha value is -1.45. The molecule has 0 heterocycles. The highest BCUT2D eigenvalue weighted by molar-refractivity contribution is 5.94. The van der Waals surface area contributed by atoms with E-state index >= 15 is 0 Å². The monoisotopic (exact) mass is 241 g/mol. The predicted molar refractivity (Wildman–Crippen MR) is 62.8 cm³/mol. The lowest BCUT2D eigenvalue weighted by Gasteiger charge is -2.30. The second-order valence-corrected chi connectivity index (χ2v) is 4.52. The number of halogens is 2. The Morgan fingerprint density at radius 3 is 2.06 bits per heavy atom. The summed E-state index contributed by atoms with van der Waals surface area (Å²) in [7, 11) is 0. The first kappa shape index (κ1) is 13.6. The van der Waals surface area contributed by atoms with Crippen molar-refractivity contribution >= 4 is 5.91 Å². The van der Waals surface area contributed by atoms with E-state index in [0.29, 0.717) is 0 Å². The molecule has 0 fully saturated rings. The molecule has 4 heteroatoms. The fraction of sp³-hybridized carbons (Fsp3) is 0.462. The van der Waals surface area contributed by atoms with Crippen molar-refractivity contribution in [3.63, 3.8) is 0 Å². The van der Waals surface area contributed by atoms with E-state index in [0.717, 1.165) is 12.1 Å². The zero-order valence-electron chi connectivity index (χ0n) is 10.5. The van der Waals surface area contributed by atoms with E-state index in [9.17, 15) is 13.6 Å². The average Bonchev–Trinajstić information content (AvgIpc) is 2.15. The van der Waals surface area contributed by atoms with E-state index in [1.165, 1.54) is 6.07 Å². The summed E-state index contributed by atoms with van der Waals surface area (Å²) in [5, 5.41) is 0. The van der Waals surface area contributed by atoms with E-state index in [1.54, 1.807) is 4.90 Å². The fourth-order valence-electron chi connectivity index (χ4n) is 1.87. The zero-order chi connectivity index (χ0) is 13.2. The molecule has 1 rings (SSSR count). The second-order valence-electron chi connectivity index (χ2n) is 4.52. The normalized spacial score (nSPS) is 11.1. The molecule has 0 spiro atoms. The Kier molecular flexibility index (Phi) is 4.21. The van der Waals surface area contributed by atoms with Crippen LogP contribution < -0.4 is 0 Å². The lowest BCUT2D eigenvalue weighted by Crippen LogP contribution is -2.42. The maximum Gasteiger partial charge on any atom is 0.257 e. The van der Waals surface area contributed by atoms with E-state index in [2.05, 4.69) is 0 Å². The summed E-state index contributed by atoms with van der Waals surface area (Å²) in [6, 6.07) is 2.94. The largest absolute Gasteiger partial charge is 0.334 e. The molecule has 0 radical (unpaired) electrons. The first-order valence-electron chi connectivity index (χ1n) is 5.62. The molecular weight excluding hydrogens is 224 g/mol.